The first-order chi connectivity index (χ1) is 17.5. The average Bonchev–Trinajstić information content (AvgIpc) is 3.34. The van der Waals surface area contributed by atoms with Crippen molar-refractivity contribution in [2.24, 2.45) is 0 Å². The molecule has 2 aromatic carbocycles. The molecule has 1 fully saturated rings. The number of nitrogens with one attached hydrogen (secondary N) is 1. The number of carbonyl (C=O) groups excluding carboxylic acids is 3. The summed E-state index contributed by atoms with van der Waals surface area (Å²) in [5.74, 6) is -1.52. The highest BCUT2D eigenvalue weighted by Crippen LogP contribution is 2.57. The third kappa shape index (κ3) is 3.90. The van der Waals surface area contributed by atoms with Gasteiger partial charge >= 0.3 is 18.0 Å². The number of rotatable bonds is 6. The van der Waals surface area contributed by atoms with E-state index in [1.807, 2.05) is 0 Å². The molecule has 37 heavy (non-hydrogen) atoms. The van der Waals surface area contributed by atoms with Crippen LogP contribution in [0, 0.1) is 17.0 Å². The molecule has 1 saturated heterocycles. The number of nitro benzene ring substituents is 1. The van der Waals surface area contributed by atoms with Gasteiger partial charge in [0.1, 0.15) is 11.6 Å². The van der Waals surface area contributed by atoms with Gasteiger partial charge in [0.05, 0.1) is 36.0 Å². The molecule has 2 aliphatic heterocycles. The summed E-state index contributed by atoms with van der Waals surface area (Å²) in [6.07, 6.45) is -2.70. The fourth-order valence-corrected chi connectivity index (χ4v) is 5.40. The predicted molar refractivity (Wildman–Crippen MR) is 132 cm³/mol. The molecule has 0 spiro atoms. The van der Waals surface area contributed by atoms with Crippen LogP contribution in [0.2, 0.25) is 0 Å². The molecule has 2 aliphatic rings. The zero-order valence-electron chi connectivity index (χ0n) is 21.3. The minimum Gasteiger partial charge on any atom is -0.467 e. The van der Waals surface area contributed by atoms with Gasteiger partial charge in [-0.25, -0.2) is 9.59 Å². The van der Waals surface area contributed by atoms with Crippen LogP contribution in [0.15, 0.2) is 42.5 Å². The minimum atomic E-state index is -1.86. The van der Waals surface area contributed by atoms with Crippen LogP contribution in [0.4, 0.5) is 16.2 Å². The number of carbonyl (C=O) groups is 3. The number of methoxy groups -OCH3 is 1. The van der Waals surface area contributed by atoms with Gasteiger partial charge in [-0.1, -0.05) is 29.8 Å². The molecular formula is C26H29N3O8. The van der Waals surface area contributed by atoms with E-state index in [0.29, 0.717) is 16.8 Å². The Hall–Kier alpha value is -3.99. The number of esters is 2. The molecule has 196 valence electrons. The second kappa shape index (κ2) is 9.47. The molecule has 0 aliphatic carbocycles. The summed E-state index contributed by atoms with van der Waals surface area (Å²) in [4.78, 5) is 53.5. The van der Waals surface area contributed by atoms with Crippen molar-refractivity contribution in [3.05, 3.63) is 69.3 Å². The van der Waals surface area contributed by atoms with E-state index < -0.39 is 46.2 Å². The molecule has 1 N–H and O–H groups in total. The van der Waals surface area contributed by atoms with Crippen molar-refractivity contribution in [2.45, 2.75) is 57.3 Å². The summed E-state index contributed by atoms with van der Waals surface area (Å²) in [5.41, 5.74) is -2.25. The van der Waals surface area contributed by atoms with Gasteiger partial charge in [0.15, 0.2) is 5.54 Å². The summed E-state index contributed by atoms with van der Waals surface area (Å²) in [5, 5.41) is 15.2. The van der Waals surface area contributed by atoms with E-state index in [1.165, 1.54) is 17.0 Å². The van der Waals surface area contributed by atoms with Gasteiger partial charge in [-0.2, -0.15) is 0 Å². The quantitative estimate of drug-likeness (QED) is 0.267. The monoisotopic (exact) mass is 511 g/mol. The van der Waals surface area contributed by atoms with Gasteiger partial charge in [-0.15, -0.1) is 0 Å². The van der Waals surface area contributed by atoms with Crippen LogP contribution in [-0.2, 0) is 34.8 Å². The van der Waals surface area contributed by atoms with Gasteiger partial charge in [-0.05, 0) is 45.4 Å². The zero-order valence-corrected chi connectivity index (χ0v) is 21.3. The lowest BCUT2D eigenvalue weighted by Crippen LogP contribution is -2.57. The van der Waals surface area contributed by atoms with Crippen LogP contribution in [0.1, 0.15) is 43.9 Å². The normalized spacial score (nSPS) is 23.8. The van der Waals surface area contributed by atoms with Gasteiger partial charge in [-0.3, -0.25) is 25.1 Å². The minimum absolute atomic E-state index is 0.0248. The number of nitro groups is 1. The molecule has 0 bridgehead atoms. The molecule has 0 aromatic heterocycles. The molecule has 0 unspecified atom stereocenters. The Morgan fingerprint density at radius 3 is 2.49 bits per heavy atom. The fourth-order valence-electron chi connectivity index (χ4n) is 5.40. The Kier molecular flexibility index (Phi) is 6.68. The Morgan fingerprint density at radius 2 is 1.86 bits per heavy atom. The smallest absolute Gasteiger partial charge is 0.415 e. The first kappa shape index (κ1) is 26.1. The Labute approximate surface area is 213 Å². The van der Waals surface area contributed by atoms with E-state index >= 15 is 0 Å². The molecule has 11 heteroatoms. The molecule has 11 nitrogen and oxygen atoms in total. The number of benzene rings is 2. The summed E-state index contributed by atoms with van der Waals surface area (Å²) in [7, 11) is 1.16. The number of hydrogen-bond donors (Lipinski definition) is 1. The third-order valence-electron chi connectivity index (χ3n) is 6.81. The van der Waals surface area contributed by atoms with E-state index in [9.17, 15) is 24.5 Å². The van der Waals surface area contributed by atoms with Gasteiger partial charge in [0, 0.05) is 12.5 Å². The Bertz CT molecular complexity index is 1280. The Morgan fingerprint density at radius 1 is 1.16 bits per heavy atom. The van der Waals surface area contributed by atoms with Crippen molar-refractivity contribution >= 4 is 29.4 Å². The number of nitrogens with zero attached hydrogens (tertiary/aromatic N) is 2. The molecule has 2 heterocycles. The van der Waals surface area contributed by atoms with E-state index in [2.05, 4.69) is 5.32 Å². The van der Waals surface area contributed by atoms with Crippen molar-refractivity contribution in [3.63, 3.8) is 0 Å². The number of ether oxygens (including phenoxy) is 3. The maximum absolute atomic E-state index is 13.9. The third-order valence-corrected chi connectivity index (χ3v) is 6.81. The lowest BCUT2D eigenvalue weighted by molar-refractivity contribution is -0.386. The number of para-hydroxylation sites is 1. The number of fused-ring (bicyclic) bond motifs is 3. The van der Waals surface area contributed by atoms with Crippen LogP contribution in [0.25, 0.3) is 0 Å². The van der Waals surface area contributed by atoms with Crippen LogP contribution < -0.4 is 10.2 Å². The molecule has 2 aromatic rings. The van der Waals surface area contributed by atoms with Crippen molar-refractivity contribution in [2.75, 3.05) is 18.6 Å². The largest absolute Gasteiger partial charge is 0.467 e. The maximum atomic E-state index is 13.9. The first-order valence-corrected chi connectivity index (χ1v) is 11.9. The molecule has 0 radical (unpaired) electrons. The highest BCUT2D eigenvalue weighted by molar-refractivity contribution is 6.02. The number of anilines is 1. The topological polar surface area (TPSA) is 137 Å². The van der Waals surface area contributed by atoms with Gasteiger partial charge in [0.25, 0.3) is 5.69 Å². The summed E-state index contributed by atoms with van der Waals surface area (Å²) in [6.45, 7) is 6.83. The van der Waals surface area contributed by atoms with Crippen LogP contribution in [0.5, 0.6) is 0 Å². The zero-order chi connectivity index (χ0) is 27.1. The second-order valence-electron chi connectivity index (χ2n) is 9.41. The fraction of sp³-hybridized carbons (Fsp3) is 0.423. The average molecular weight is 512 g/mol. The molecule has 0 saturated carbocycles. The SMILES string of the molecule is CCOC(=O)N1c2ccccc2[C@]2(C(=O)OC(C)C)C[C@@](C(=O)OC)(c3cc(C)ccc3[N+](=O)[O-])N[C@H]12. The standard InChI is InChI=1S/C26H29N3O8/c1-6-36-24(32)28-19-10-8-7-9-17(19)25(22(30)37-15(2)3)14-26(23(31)35-5,27-21(25)28)18-13-16(4)11-12-20(18)29(33)34/h7-13,15,21,27H,6,14H2,1-5H3/t21-,25-,26+/m1/s1. The molecular weight excluding hydrogens is 482 g/mol. The van der Waals surface area contributed by atoms with Crippen molar-refractivity contribution in [1.29, 1.82) is 0 Å². The summed E-state index contributed by atoms with van der Waals surface area (Å²) in [6, 6.07) is 11.2. The lowest BCUT2D eigenvalue weighted by Gasteiger charge is -2.31. The molecule has 1 amide bonds. The van der Waals surface area contributed by atoms with Crippen molar-refractivity contribution in [3.8, 4) is 0 Å². The number of amides is 1. The number of aryl methyl sites for hydroxylation is 1. The second-order valence-corrected chi connectivity index (χ2v) is 9.41. The van der Waals surface area contributed by atoms with Crippen molar-refractivity contribution < 1.29 is 33.5 Å². The van der Waals surface area contributed by atoms with Crippen LogP contribution in [0.3, 0.4) is 0 Å². The van der Waals surface area contributed by atoms with E-state index in [0.717, 1.165) is 7.11 Å². The summed E-state index contributed by atoms with van der Waals surface area (Å²) >= 11 is 0. The highest BCUT2D eigenvalue weighted by atomic mass is 16.6. The van der Waals surface area contributed by atoms with Crippen LogP contribution in [-0.4, -0.2) is 48.9 Å². The van der Waals surface area contributed by atoms with E-state index in [4.69, 9.17) is 14.2 Å². The first-order valence-electron chi connectivity index (χ1n) is 11.9. The maximum Gasteiger partial charge on any atom is 0.415 e. The molecule has 4 rings (SSSR count). The Balaban J connectivity index is 2.04. The molecule has 3 atom stereocenters. The van der Waals surface area contributed by atoms with E-state index in [-0.39, 0.29) is 24.3 Å². The van der Waals surface area contributed by atoms with Crippen LogP contribution >= 0.6 is 0 Å². The number of hydrogen-bond acceptors (Lipinski definition) is 9. The lowest BCUT2D eigenvalue weighted by atomic mass is 9.72. The predicted octanol–water partition coefficient (Wildman–Crippen LogP) is 3.46. The van der Waals surface area contributed by atoms with Crippen molar-refractivity contribution in [1.82, 2.24) is 5.32 Å². The van der Waals surface area contributed by atoms with Gasteiger partial charge in [0.2, 0.25) is 0 Å². The van der Waals surface area contributed by atoms with E-state index in [1.54, 1.807) is 58.0 Å². The summed E-state index contributed by atoms with van der Waals surface area (Å²) < 4.78 is 16.2. The highest BCUT2D eigenvalue weighted by Gasteiger charge is 2.71. The van der Waals surface area contributed by atoms with Gasteiger partial charge < -0.3 is 14.2 Å².